The highest BCUT2D eigenvalue weighted by Crippen LogP contribution is 2.44. The van der Waals surface area contributed by atoms with Crippen LogP contribution in [0.1, 0.15) is 60.2 Å². The highest BCUT2D eigenvalue weighted by molar-refractivity contribution is 5.90. The fourth-order valence-corrected chi connectivity index (χ4v) is 4.80. The summed E-state index contributed by atoms with van der Waals surface area (Å²) in [5.74, 6) is -1.67. The first-order chi connectivity index (χ1) is 18.0. The van der Waals surface area contributed by atoms with Crippen molar-refractivity contribution in [2.75, 3.05) is 13.7 Å². The van der Waals surface area contributed by atoms with E-state index in [4.69, 9.17) is 9.47 Å². The van der Waals surface area contributed by atoms with Crippen LogP contribution in [-0.2, 0) is 20.7 Å². The normalized spacial score (nSPS) is 13.3. The molecule has 0 aromatic heterocycles. The molecule has 1 aliphatic rings. The Hall–Kier alpha value is -4.13. The number of benzene rings is 3. The molecular formula is C31H33NO6. The van der Waals surface area contributed by atoms with Gasteiger partial charge < -0.3 is 14.6 Å². The first-order valence-corrected chi connectivity index (χ1v) is 12.7. The lowest BCUT2D eigenvalue weighted by Crippen LogP contribution is -2.43. The number of ether oxygens (including phenoxy) is 2. The number of hydrogen-bond acceptors (Lipinski definition) is 5. The van der Waals surface area contributed by atoms with Gasteiger partial charge in [-0.05, 0) is 73.6 Å². The summed E-state index contributed by atoms with van der Waals surface area (Å²) >= 11 is 0. The number of nitrogens with zero attached hydrogens (tertiary/aromatic N) is 1. The fraction of sp³-hybridized carbons (Fsp3) is 0.323. The molecule has 0 unspecified atom stereocenters. The Kier molecular flexibility index (Phi) is 7.86. The Morgan fingerprint density at radius 1 is 0.921 bits per heavy atom. The standard InChI is InChI=1S/C31H33NO6/c1-31(2,3)38-29(35)21-11-9-10-20(18-21)16-17-27(28(33)34)32(4)30(36)37-19-26-24-14-7-5-12-22(24)23-13-6-8-15-25(23)26/h5-15,18,26-27H,16-17,19H2,1-4H3,(H,33,34)/t27-/m1/s1. The summed E-state index contributed by atoms with van der Waals surface area (Å²) in [6.45, 7) is 5.50. The van der Waals surface area contributed by atoms with E-state index in [1.165, 1.54) is 7.05 Å². The zero-order valence-corrected chi connectivity index (χ0v) is 22.1. The quantitative estimate of drug-likeness (QED) is 0.375. The van der Waals surface area contributed by atoms with Crippen LogP contribution in [0.2, 0.25) is 0 Å². The zero-order chi connectivity index (χ0) is 27.4. The number of fused-ring (bicyclic) bond motifs is 3. The van der Waals surface area contributed by atoms with Gasteiger partial charge in [0.1, 0.15) is 18.2 Å². The van der Waals surface area contributed by atoms with Crippen molar-refractivity contribution < 1.29 is 29.0 Å². The minimum Gasteiger partial charge on any atom is -0.480 e. The Bertz CT molecular complexity index is 1300. The number of esters is 1. The van der Waals surface area contributed by atoms with Gasteiger partial charge in [-0.15, -0.1) is 0 Å². The molecule has 0 fully saturated rings. The van der Waals surface area contributed by atoms with Crippen LogP contribution in [0.4, 0.5) is 4.79 Å². The maximum atomic E-state index is 12.9. The van der Waals surface area contributed by atoms with Gasteiger partial charge in [0.05, 0.1) is 5.56 Å². The summed E-state index contributed by atoms with van der Waals surface area (Å²) in [5.41, 5.74) is 4.97. The predicted octanol–water partition coefficient (Wildman–Crippen LogP) is 5.91. The van der Waals surface area contributed by atoms with E-state index in [0.29, 0.717) is 12.0 Å². The Morgan fingerprint density at radius 3 is 2.11 bits per heavy atom. The molecule has 1 atom stereocenters. The molecule has 1 amide bonds. The molecule has 3 aromatic carbocycles. The second-order valence-corrected chi connectivity index (χ2v) is 10.5. The average molecular weight is 516 g/mol. The van der Waals surface area contributed by atoms with Gasteiger partial charge in [-0.3, -0.25) is 4.90 Å². The molecule has 0 saturated carbocycles. The molecule has 1 aliphatic carbocycles. The molecule has 4 rings (SSSR count). The summed E-state index contributed by atoms with van der Waals surface area (Å²) in [5, 5.41) is 9.86. The number of hydrogen-bond donors (Lipinski definition) is 1. The molecule has 0 spiro atoms. The first kappa shape index (κ1) is 26.9. The van der Waals surface area contributed by atoms with Crippen LogP contribution in [0.5, 0.6) is 0 Å². The van der Waals surface area contributed by atoms with Crippen LogP contribution >= 0.6 is 0 Å². The first-order valence-electron chi connectivity index (χ1n) is 12.7. The van der Waals surface area contributed by atoms with Crippen molar-refractivity contribution in [3.63, 3.8) is 0 Å². The van der Waals surface area contributed by atoms with Crippen LogP contribution in [-0.4, -0.2) is 53.3 Å². The minimum absolute atomic E-state index is 0.112. The van der Waals surface area contributed by atoms with Crippen LogP contribution in [0.15, 0.2) is 72.8 Å². The minimum atomic E-state index is -1.12. The molecule has 0 bridgehead atoms. The van der Waals surface area contributed by atoms with Gasteiger partial charge in [0.2, 0.25) is 0 Å². The summed E-state index contributed by atoms with van der Waals surface area (Å²) in [7, 11) is 1.44. The third-order valence-electron chi connectivity index (χ3n) is 6.64. The van der Waals surface area contributed by atoms with Crippen molar-refractivity contribution in [1.82, 2.24) is 4.90 Å². The van der Waals surface area contributed by atoms with E-state index < -0.39 is 29.7 Å². The van der Waals surface area contributed by atoms with Crippen molar-refractivity contribution in [3.05, 3.63) is 95.1 Å². The lowest BCUT2D eigenvalue weighted by Gasteiger charge is -2.25. The van der Waals surface area contributed by atoms with E-state index in [1.54, 1.807) is 39.0 Å². The molecule has 7 nitrogen and oxygen atoms in total. The van der Waals surface area contributed by atoms with E-state index in [9.17, 15) is 19.5 Å². The second kappa shape index (κ2) is 11.1. The number of amides is 1. The molecule has 1 N–H and O–H groups in total. The molecule has 3 aromatic rings. The largest absolute Gasteiger partial charge is 0.480 e. The van der Waals surface area contributed by atoms with Crippen molar-refractivity contribution in [1.29, 1.82) is 0 Å². The molecule has 0 heterocycles. The summed E-state index contributed by atoms with van der Waals surface area (Å²) in [4.78, 5) is 38.5. The lowest BCUT2D eigenvalue weighted by molar-refractivity contribution is -0.142. The molecule has 38 heavy (non-hydrogen) atoms. The Balaban J connectivity index is 1.40. The molecule has 0 aliphatic heterocycles. The van der Waals surface area contributed by atoms with E-state index in [2.05, 4.69) is 12.1 Å². The van der Waals surface area contributed by atoms with Crippen LogP contribution < -0.4 is 0 Å². The number of rotatable bonds is 8. The van der Waals surface area contributed by atoms with Gasteiger partial charge in [-0.1, -0.05) is 60.7 Å². The smallest absolute Gasteiger partial charge is 0.410 e. The highest BCUT2D eigenvalue weighted by Gasteiger charge is 2.32. The van der Waals surface area contributed by atoms with E-state index in [-0.39, 0.29) is 18.9 Å². The summed E-state index contributed by atoms with van der Waals surface area (Å²) in [6.07, 6.45) is -0.177. The molecular weight excluding hydrogens is 482 g/mol. The summed E-state index contributed by atoms with van der Waals surface area (Å²) in [6, 6.07) is 21.9. The number of likely N-dealkylation sites (N-methyl/N-ethyl adjacent to an activating group) is 1. The van der Waals surface area contributed by atoms with Crippen molar-refractivity contribution in [2.24, 2.45) is 0 Å². The molecule has 7 heteroatoms. The van der Waals surface area contributed by atoms with Crippen LogP contribution in [0.25, 0.3) is 11.1 Å². The third-order valence-corrected chi connectivity index (χ3v) is 6.64. The van der Waals surface area contributed by atoms with Gasteiger partial charge in [0.15, 0.2) is 0 Å². The molecule has 198 valence electrons. The van der Waals surface area contributed by atoms with E-state index in [1.807, 2.05) is 42.5 Å². The van der Waals surface area contributed by atoms with Crippen molar-refractivity contribution in [2.45, 2.75) is 51.2 Å². The zero-order valence-electron chi connectivity index (χ0n) is 22.1. The maximum Gasteiger partial charge on any atom is 0.410 e. The lowest BCUT2D eigenvalue weighted by atomic mass is 9.98. The fourth-order valence-electron chi connectivity index (χ4n) is 4.80. The second-order valence-electron chi connectivity index (χ2n) is 10.5. The van der Waals surface area contributed by atoms with Gasteiger partial charge in [-0.25, -0.2) is 14.4 Å². The van der Waals surface area contributed by atoms with Gasteiger partial charge in [0.25, 0.3) is 0 Å². The third kappa shape index (κ3) is 6.05. The number of carboxylic acids is 1. The number of carbonyl (C=O) groups is 3. The number of carboxylic acid groups (broad SMARTS) is 1. The molecule has 0 radical (unpaired) electrons. The number of carbonyl (C=O) groups excluding carboxylic acids is 2. The van der Waals surface area contributed by atoms with Crippen LogP contribution in [0.3, 0.4) is 0 Å². The number of aryl methyl sites for hydroxylation is 1. The topological polar surface area (TPSA) is 93.1 Å². The highest BCUT2D eigenvalue weighted by atomic mass is 16.6. The predicted molar refractivity (Wildman–Crippen MR) is 144 cm³/mol. The monoisotopic (exact) mass is 515 g/mol. The van der Waals surface area contributed by atoms with E-state index in [0.717, 1.165) is 32.7 Å². The van der Waals surface area contributed by atoms with Crippen molar-refractivity contribution >= 4 is 18.0 Å². The van der Waals surface area contributed by atoms with Crippen molar-refractivity contribution in [3.8, 4) is 11.1 Å². The average Bonchev–Trinajstić information content (AvgIpc) is 3.20. The van der Waals surface area contributed by atoms with Gasteiger partial charge in [0, 0.05) is 13.0 Å². The van der Waals surface area contributed by atoms with Gasteiger partial charge in [-0.2, -0.15) is 0 Å². The Labute approximate surface area is 223 Å². The maximum absolute atomic E-state index is 12.9. The number of aliphatic carboxylic acids is 1. The van der Waals surface area contributed by atoms with Gasteiger partial charge >= 0.3 is 18.0 Å². The molecule has 0 saturated heterocycles. The van der Waals surface area contributed by atoms with E-state index >= 15 is 0 Å². The Morgan fingerprint density at radius 2 is 1.53 bits per heavy atom. The van der Waals surface area contributed by atoms with Crippen LogP contribution in [0, 0.1) is 0 Å². The SMILES string of the molecule is CN(C(=O)OCC1c2ccccc2-c2ccccc21)[C@H](CCc1cccc(C(=O)OC(C)(C)C)c1)C(=O)O. The summed E-state index contributed by atoms with van der Waals surface area (Å²) < 4.78 is 11.1.